The lowest BCUT2D eigenvalue weighted by Crippen LogP contribution is -2.13. The van der Waals surface area contributed by atoms with Gasteiger partial charge < -0.3 is 5.73 Å². The molecule has 1 atom stereocenters. The number of nitrogens with two attached hydrogens (primary N) is 1. The Balaban J connectivity index is 1.81. The summed E-state index contributed by atoms with van der Waals surface area (Å²) in [4.78, 5) is 5.04. The van der Waals surface area contributed by atoms with Gasteiger partial charge in [-0.05, 0) is 23.8 Å². The van der Waals surface area contributed by atoms with Crippen molar-refractivity contribution in [3.8, 4) is 0 Å². The number of aromatic nitrogens is 1. The summed E-state index contributed by atoms with van der Waals surface area (Å²) in [5.74, 6) is 0.405. The van der Waals surface area contributed by atoms with Gasteiger partial charge in [0, 0.05) is 28.3 Å². The number of fused-ring (bicyclic) bond motifs is 1. The summed E-state index contributed by atoms with van der Waals surface area (Å²) >= 11 is 1.43. The lowest BCUT2D eigenvalue weighted by molar-refractivity contribution is 0.602. The van der Waals surface area contributed by atoms with Gasteiger partial charge in [0.1, 0.15) is 5.82 Å². The van der Waals surface area contributed by atoms with Crippen molar-refractivity contribution >= 4 is 22.7 Å². The lowest BCUT2D eigenvalue weighted by atomic mass is 10.0. The second-order valence-corrected chi connectivity index (χ2v) is 5.83. The SMILES string of the molecule is NC(CSc1ccccc1F)c1cccc2cccnc12. The van der Waals surface area contributed by atoms with Gasteiger partial charge in [-0.1, -0.05) is 36.4 Å². The van der Waals surface area contributed by atoms with Gasteiger partial charge in [-0.15, -0.1) is 11.8 Å². The van der Waals surface area contributed by atoms with Crippen LogP contribution in [0.2, 0.25) is 0 Å². The standard InChI is InChI=1S/C17H15FN2S/c18-14-8-1-2-9-16(14)21-11-15(19)13-7-3-5-12-6-4-10-20-17(12)13/h1-10,15H,11,19H2. The molecule has 3 aromatic rings. The Morgan fingerprint density at radius 3 is 2.71 bits per heavy atom. The van der Waals surface area contributed by atoms with E-state index in [2.05, 4.69) is 4.98 Å². The minimum Gasteiger partial charge on any atom is -0.323 e. The van der Waals surface area contributed by atoms with Gasteiger partial charge in [0.25, 0.3) is 0 Å². The summed E-state index contributed by atoms with van der Waals surface area (Å²) in [6.45, 7) is 0. The van der Waals surface area contributed by atoms with Crippen LogP contribution < -0.4 is 5.73 Å². The maximum atomic E-state index is 13.6. The van der Waals surface area contributed by atoms with E-state index in [0.29, 0.717) is 10.6 Å². The first-order valence-corrected chi connectivity index (χ1v) is 7.71. The van der Waals surface area contributed by atoms with E-state index in [1.54, 1.807) is 18.3 Å². The van der Waals surface area contributed by atoms with Crippen LogP contribution in [-0.4, -0.2) is 10.7 Å². The van der Waals surface area contributed by atoms with E-state index in [9.17, 15) is 4.39 Å². The van der Waals surface area contributed by atoms with E-state index >= 15 is 0 Å². The van der Waals surface area contributed by atoms with Gasteiger partial charge >= 0.3 is 0 Å². The zero-order valence-electron chi connectivity index (χ0n) is 11.4. The molecule has 2 N–H and O–H groups in total. The maximum Gasteiger partial charge on any atom is 0.136 e. The maximum absolute atomic E-state index is 13.6. The van der Waals surface area contributed by atoms with Crippen LogP contribution in [-0.2, 0) is 0 Å². The Labute approximate surface area is 127 Å². The number of thioether (sulfide) groups is 1. The Morgan fingerprint density at radius 1 is 1.05 bits per heavy atom. The van der Waals surface area contributed by atoms with Gasteiger partial charge in [-0.2, -0.15) is 0 Å². The third-order valence-corrected chi connectivity index (χ3v) is 4.49. The van der Waals surface area contributed by atoms with Crippen molar-refractivity contribution in [3.63, 3.8) is 0 Å². The summed E-state index contributed by atoms with van der Waals surface area (Å²) in [6.07, 6.45) is 1.77. The average molecular weight is 298 g/mol. The molecule has 0 radical (unpaired) electrons. The van der Waals surface area contributed by atoms with E-state index in [0.717, 1.165) is 16.5 Å². The van der Waals surface area contributed by atoms with Crippen LogP contribution in [0.1, 0.15) is 11.6 Å². The first-order valence-electron chi connectivity index (χ1n) is 6.72. The van der Waals surface area contributed by atoms with Crippen LogP contribution in [0, 0.1) is 5.82 Å². The van der Waals surface area contributed by atoms with Crippen LogP contribution in [0.5, 0.6) is 0 Å². The highest BCUT2D eigenvalue weighted by Gasteiger charge is 2.12. The molecule has 0 fully saturated rings. The molecule has 0 bridgehead atoms. The highest BCUT2D eigenvalue weighted by atomic mass is 32.2. The van der Waals surface area contributed by atoms with E-state index in [1.165, 1.54) is 17.8 Å². The number of para-hydroxylation sites is 1. The summed E-state index contributed by atoms with van der Waals surface area (Å²) in [5, 5.41) is 1.07. The van der Waals surface area contributed by atoms with Crippen molar-refractivity contribution in [1.29, 1.82) is 0 Å². The van der Waals surface area contributed by atoms with Gasteiger partial charge in [0.15, 0.2) is 0 Å². The van der Waals surface area contributed by atoms with E-state index in [4.69, 9.17) is 5.73 Å². The van der Waals surface area contributed by atoms with Crippen molar-refractivity contribution in [3.05, 3.63) is 72.2 Å². The smallest absolute Gasteiger partial charge is 0.136 e. The molecule has 0 amide bonds. The summed E-state index contributed by atoms with van der Waals surface area (Å²) in [7, 11) is 0. The molecule has 0 saturated carbocycles. The number of halogens is 1. The highest BCUT2D eigenvalue weighted by Crippen LogP contribution is 2.28. The quantitative estimate of drug-likeness (QED) is 0.735. The largest absolute Gasteiger partial charge is 0.323 e. The predicted molar refractivity (Wildman–Crippen MR) is 85.8 cm³/mol. The molecule has 2 aromatic carbocycles. The molecular weight excluding hydrogens is 283 g/mol. The molecule has 2 nitrogen and oxygen atoms in total. The normalized spacial score (nSPS) is 12.5. The summed E-state index contributed by atoms with van der Waals surface area (Å²) < 4.78 is 13.6. The average Bonchev–Trinajstić information content (AvgIpc) is 2.53. The van der Waals surface area contributed by atoms with Gasteiger partial charge in [0.05, 0.1) is 5.52 Å². The monoisotopic (exact) mass is 298 g/mol. The summed E-state index contributed by atoms with van der Waals surface area (Å²) in [5.41, 5.74) is 8.19. The molecular formula is C17H15FN2S. The second kappa shape index (κ2) is 6.24. The number of benzene rings is 2. The molecule has 3 rings (SSSR count). The first kappa shape index (κ1) is 14.0. The molecule has 0 spiro atoms. The molecule has 1 unspecified atom stereocenters. The molecule has 4 heteroatoms. The van der Waals surface area contributed by atoms with Crippen molar-refractivity contribution < 1.29 is 4.39 Å². The van der Waals surface area contributed by atoms with Crippen LogP contribution >= 0.6 is 11.8 Å². The fraction of sp³-hybridized carbons (Fsp3) is 0.118. The van der Waals surface area contributed by atoms with Crippen molar-refractivity contribution in [1.82, 2.24) is 4.98 Å². The van der Waals surface area contributed by atoms with Gasteiger partial charge in [-0.25, -0.2) is 4.39 Å². The zero-order chi connectivity index (χ0) is 14.7. The fourth-order valence-corrected chi connectivity index (χ4v) is 3.18. The lowest BCUT2D eigenvalue weighted by Gasteiger charge is -2.14. The van der Waals surface area contributed by atoms with Crippen LogP contribution in [0.4, 0.5) is 4.39 Å². The minimum atomic E-state index is -0.203. The first-order chi connectivity index (χ1) is 10.3. The molecule has 106 valence electrons. The number of nitrogens with zero attached hydrogens (tertiary/aromatic N) is 1. The summed E-state index contributed by atoms with van der Waals surface area (Å²) in [6, 6.07) is 16.5. The minimum absolute atomic E-state index is 0.187. The predicted octanol–water partition coefficient (Wildman–Crippen LogP) is 4.17. The van der Waals surface area contributed by atoms with Crippen molar-refractivity contribution in [2.45, 2.75) is 10.9 Å². The number of rotatable bonds is 4. The molecule has 1 heterocycles. The van der Waals surface area contributed by atoms with Crippen molar-refractivity contribution in [2.24, 2.45) is 5.73 Å². The molecule has 1 aromatic heterocycles. The van der Waals surface area contributed by atoms with Gasteiger partial charge in [0.2, 0.25) is 0 Å². The number of pyridine rings is 1. The Kier molecular flexibility index (Phi) is 4.18. The van der Waals surface area contributed by atoms with E-state index in [-0.39, 0.29) is 11.9 Å². The van der Waals surface area contributed by atoms with Crippen LogP contribution in [0.25, 0.3) is 10.9 Å². The molecule has 0 aliphatic heterocycles. The Morgan fingerprint density at radius 2 is 1.86 bits per heavy atom. The van der Waals surface area contributed by atoms with Crippen LogP contribution in [0.3, 0.4) is 0 Å². The molecule has 0 aliphatic rings. The third-order valence-electron chi connectivity index (χ3n) is 3.32. The Hall–Kier alpha value is -1.91. The van der Waals surface area contributed by atoms with Gasteiger partial charge in [-0.3, -0.25) is 4.98 Å². The Bertz CT molecular complexity index is 755. The molecule has 21 heavy (non-hydrogen) atoms. The number of hydrogen-bond donors (Lipinski definition) is 1. The zero-order valence-corrected chi connectivity index (χ0v) is 12.2. The van der Waals surface area contributed by atoms with Crippen molar-refractivity contribution in [2.75, 3.05) is 5.75 Å². The van der Waals surface area contributed by atoms with E-state index in [1.807, 2.05) is 36.4 Å². The fourth-order valence-electron chi connectivity index (χ4n) is 2.26. The number of hydrogen-bond acceptors (Lipinski definition) is 3. The molecule has 0 saturated heterocycles. The topological polar surface area (TPSA) is 38.9 Å². The second-order valence-electron chi connectivity index (χ2n) is 4.77. The molecule has 0 aliphatic carbocycles. The van der Waals surface area contributed by atoms with E-state index < -0.39 is 0 Å². The third kappa shape index (κ3) is 3.06. The highest BCUT2D eigenvalue weighted by molar-refractivity contribution is 7.99. The van der Waals surface area contributed by atoms with Crippen LogP contribution in [0.15, 0.2) is 65.7 Å².